The number of carbonyl (C=O) groups excluding carboxylic acids is 1. The molecule has 1 saturated carbocycles. The van der Waals surface area contributed by atoms with Crippen LogP contribution in [0.4, 0.5) is 11.4 Å². The van der Waals surface area contributed by atoms with Crippen LogP contribution in [-0.2, 0) is 4.79 Å². The standard InChI is InChI=1S/C12H14N2O/c13-9-2-1-3-10(7-9)14-11-5-4-8(6-11)12(14)15/h1-3,7-8,11H,4-6,13H2. The Kier molecular flexibility index (Phi) is 1.75. The van der Waals surface area contributed by atoms with E-state index in [1.807, 2.05) is 29.2 Å². The SMILES string of the molecule is Nc1cccc(N2C(=O)C3CCC2C3)c1. The van der Waals surface area contributed by atoms with Crippen LogP contribution >= 0.6 is 0 Å². The van der Waals surface area contributed by atoms with E-state index in [4.69, 9.17) is 5.73 Å². The number of nitrogen functional groups attached to an aromatic ring is 1. The van der Waals surface area contributed by atoms with Gasteiger partial charge in [0.05, 0.1) is 0 Å². The van der Waals surface area contributed by atoms with Crippen LogP contribution in [0.25, 0.3) is 0 Å². The first-order chi connectivity index (χ1) is 7.25. The van der Waals surface area contributed by atoms with Gasteiger partial charge in [-0.1, -0.05) is 6.07 Å². The minimum atomic E-state index is 0.274. The molecule has 0 radical (unpaired) electrons. The van der Waals surface area contributed by atoms with Gasteiger partial charge in [0.25, 0.3) is 0 Å². The summed E-state index contributed by atoms with van der Waals surface area (Å²) >= 11 is 0. The molecule has 1 saturated heterocycles. The summed E-state index contributed by atoms with van der Waals surface area (Å²) in [7, 11) is 0. The van der Waals surface area contributed by atoms with Gasteiger partial charge in [-0.2, -0.15) is 0 Å². The van der Waals surface area contributed by atoms with Gasteiger partial charge in [0.15, 0.2) is 0 Å². The van der Waals surface area contributed by atoms with E-state index in [2.05, 4.69) is 0 Å². The monoisotopic (exact) mass is 202 g/mol. The first-order valence-corrected chi connectivity index (χ1v) is 5.44. The highest BCUT2D eigenvalue weighted by atomic mass is 16.2. The van der Waals surface area contributed by atoms with Crippen LogP contribution in [0, 0.1) is 5.92 Å². The van der Waals surface area contributed by atoms with Gasteiger partial charge < -0.3 is 10.6 Å². The largest absolute Gasteiger partial charge is 0.399 e. The molecule has 15 heavy (non-hydrogen) atoms. The molecule has 1 amide bonds. The lowest BCUT2D eigenvalue weighted by Crippen LogP contribution is -2.36. The Hall–Kier alpha value is -1.51. The Morgan fingerprint density at radius 1 is 1.33 bits per heavy atom. The Labute approximate surface area is 88.9 Å². The second-order valence-corrected chi connectivity index (χ2v) is 4.47. The fourth-order valence-electron chi connectivity index (χ4n) is 2.81. The normalized spacial score (nSPS) is 28.8. The number of rotatable bonds is 1. The van der Waals surface area contributed by atoms with E-state index in [0.717, 1.165) is 30.6 Å². The molecule has 2 unspecified atom stereocenters. The van der Waals surface area contributed by atoms with Crippen molar-refractivity contribution in [2.45, 2.75) is 25.3 Å². The maximum absolute atomic E-state index is 12.0. The van der Waals surface area contributed by atoms with Crippen molar-refractivity contribution in [2.24, 2.45) is 5.92 Å². The number of fused-ring (bicyclic) bond motifs is 2. The number of nitrogens with zero attached hydrogens (tertiary/aromatic N) is 1. The molecule has 3 heteroatoms. The zero-order valence-electron chi connectivity index (χ0n) is 8.52. The minimum Gasteiger partial charge on any atom is -0.399 e. The van der Waals surface area contributed by atoms with Crippen LogP contribution < -0.4 is 10.6 Å². The van der Waals surface area contributed by atoms with Crippen LogP contribution in [0.15, 0.2) is 24.3 Å². The van der Waals surface area contributed by atoms with Crippen molar-refractivity contribution in [1.82, 2.24) is 0 Å². The molecule has 1 aromatic carbocycles. The smallest absolute Gasteiger partial charge is 0.230 e. The number of amides is 1. The number of benzene rings is 1. The molecule has 3 rings (SSSR count). The fourth-order valence-corrected chi connectivity index (χ4v) is 2.81. The van der Waals surface area contributed by atoms with E-state index in [1.54, 1.807) is 0 Å². The van der Waals surface area contributed by atoms with Crippen molar-refractivity contribution in [3.8, 4) is 0 Å². The van der Waals surface area contributed by atoms with Crippen LogP contribution in [0.1, 0.15) is 19.3 Å². The average Bonchev–Trinajstić information content (AvgIpc) is 2.77. The summed E-state index contributed by atoms with van der Waals surface area (Å²) in [5.41, 5.74) is 7.42. The summed E-state index contributed by atoms with van der Waals surface area (Å²) in [6.45, 7) is 0. The summed E-state index contributed by atoms with van der Waals surface area (Å²) in [6, 6.07) is 8.03. The van der Waals surface area contributed by atoms with Crippen molar-refractivity contribution < 1.29 is 4.79 Å². The van der Waals surface area contributed by atoms with Gasteiger partial charge in [-0.15, -0.1) is 0 Å². The molecule has 1 aromatic rings. The lowest BCUT2D eigenvalue weighted by atomic mass is 10.1. The first-order valence-electron chi connectivity index (χ1n) is 5.44. The van der Waals surface area contributed by atoms with Gasteiger partial charge in [-0.3, -0.25) is 4.79 Å². The quantitative estimate of drug-likeness (QED) is 0.706. The number of carbonyl (C=O) groups is 1. The number of hydrogen-bond donors (Lipinski definition) is 1. The summed E-state index contributed by atoms with van der Waals surface area (Å²) in [4.78, 5) is 13.9. The maximum Gasteiger partial charge on any atom is 0.230 e. The Morgan fingerprint density at radius 2 is 2.20 bits per heavy atom. The molecule has 1 aliphatic heterocycles. The van der Waals surface area contributed by atoms with E-state index in [0.29, 0.717) is 6.04 Å². The van der Waals surface area contributed by atoms with Gasteiger partial charge in [-0.25, -0.2) is 0 Å². The van der Waals surface area contributed by atoms with Crippen molar-refractivity contribution in [2.75, 3.05) is 10.6 Å². The number of anilines is 2. The summed E-state index contributed by atoms with van der Waals surface area (Å²) in [6.07, 6.45) is 3.25. The van der Waals surface area contributed by atoms with Crippen LogP contribution in [0.3, 0.4) is 0 Å². The third-order valence-electron chi connectivity index (χ3n) is 3.51. The average molecular weight is 202 g/mol. The van der Waals surface area contributed by atoms with E-state index < -0.39 is 0 Å². The molecule has 78 valence electrons. The zero-order chi connectivity index (χ0) is 10.4. The third kappa shape index (κ3) is 1.23. The Bertz CT molecular complexity index is 416. The second kappa shape index (κ2) is 2.99. The molecular formula is C12H14N2O. The highest BCUT2D eigenvalue weighted by molar-refractivity contribution is 5.99. The van der Waals surface area contributed by atoms with Crippen LogP contribution in [-0.4, -0.2) is 11.9 Å². The number of nitrogens with two attached hydrogens (primary N) is 1. The molecule has 0 aromatic heterocycles. The van der Waals surface area contributed by atoms with E-state index in [-0.39, 0.29) is 11.8 Å². The number of piperidine rings is 1. The minimum absolute atomic E-state index is 0.274. The lowest BCUT2D eigenvalue weighted by molar-refractivity contribution is -0.121. The molecule has 2 fully saturated rings. The predicted octanol–water partition coefficient (Wildman–Crippen LogP) is 1.78. The topological polar surface area (TPSA) is 46.3 Å². The van der Waals surface area contributed by atoms with Crippen LogP contribution in [0.5, 0.6) is 0 Å². The van der Waals surface area contributed by atoms with Gasteiger partial charge in [0.1, 0.15) is 0 Å². The van der Waals surface area contributed by atoms with Crippen LogP contribution in [0.2, 0.25) is 0 Å². The highest BCUT2D eigenvalue weighted by Crippen LogP contribution is 2.41. The predicted molar refractivity (Wildman–Crippen MR) is 59.5 cm³/mol. The van der Waals surface area contributed by atoms with Crippen molar-refractivity contribution >= 4 is 17.3 Å². The van der Waals surface area contributed by atoms with Gasteiger partial charge in [0.2, 0.25) is 5.91 Å². The van der Waals surface area contributed by atoms with E-state index in [9.17, 15) is 4.79 Å². The van der Waals surface area contributed by atoms with Crippen molar-refractivity contribution in [3.05, 3.63) is 24.3 Å². The molecule has 2 aliphatic rings. The van der Waals surface area contributed by atoms with Gasteiger partial charge in [-0.05, 0) is 37.5 Å². The molecule has 1 heterocycles. The lowest BCUT2D eigenvalue weighted by Gasteiger charge is -2.27. The Balaban J connectivity index is 1.98. The molecule has 2 N–H and O–H groups in total. The molecular weight excluding hydrogens is 188 g/mol. The zero-order valence-corrected chi connectivity index (χ0v) is 8.52. The van der Waals surface area contributed by atoms with Crippen molar-refractivity contribution in [1.29, 1.82) is 0 Å². The maximum atomic E-state index is 12.0. The van der Waals surface area contributed by atoms with E-state index >= 15 is 0 Å². The summed E-state index contributed by atoms with van der Waals surface area (Å²) in [5, 5.41) is 0. The summed E-state index contributed by atoms with van der Waals surface area (Å²) in [5.74, 6) is 0.563. The van der Waals surface area contributed by atoms with Crippen molar-refractivity contribution in [3.63, 3.8) is 0 Å². The second-order valence-electron chi connectivity index (χ2n) is 4.47. The number of hydrogen-bond acceptors (Lipinski definition) is 2. The van der Waals surface area contributed by atoms with E-state index in [1.165, 1.54) is 0 Å². The molecule has 2 bridgehead atoms. The molecule has 3 nitrogen and oxygen atoms in total. The van der Waals surface area contributed by atoms with Gasteiger partial charge >= 0.3 is 0 Å². The molecule has 0 spiro atoms. The first kappa shape index (κ1) is 8.77. The molecule has 1 aliphatic carbocycles. The third-order valence-corrected chi connectivity index (χ3v) is 3.51. The molecule has 2 atom stereocenters. The fraction of sp³-hybridized carbons (Fsp3) is 0.417. The highest BCUT2D eigenvalue weighted by Gasteiger charge is 2.45. The van der Waals surface area contributed by atoms with Gasteiger partial charge in [0, 0.05) is 23.3 Å². The summed E-state index contributed by atoms with van der Waals surface area (Å²) < 4.78 is 0. The Morgan fingerprint density at radius 3 is 2.87 bits per heavy atom.